The van der Waals surface area contributed by atoms with Crippen molar-refractivity contribution in [2.45, 2.75) is 45.8 Å². The average molecular weight is 210 g/mol. The van der Waals surface area contributed by atoms with Crippen molar-refractivity contribution in [3.8, 4) is 0 Å². The fourth-order valence-corrected chi connectivity index (χ4v) is 1.42. The van der Waals surface area contributed by atoms with E-state index < -0.39 is 6.10 Å². The molecule has 0 bridgehead atoms. The highest BCUT2D eigenvalue weighted by atomic mass is 16.3. The number of nitrogens with zero attached hydrogens (tertiary/aromatic N) is 2. The second-order valence-corrected chi connectivity index (χ2v) is 3.65. The van der Waals surface area contributed by atoms with Gasteiger partial charge in [-0.3, -0.25) is 9.48 Å². The lowest BCUT2D eigenvalue weighted by Crippen LogP contribution is -2.21. The van der Waals surface area contributed by atoms with Crippen molar-refractivity contribution in [1.29, 1.82) is 0 Å². The maximum Gasteiger partial charge on any atom is 0.165 e. The van der Waals surface area contributed by atoms with Gasteiger partial charge in [0.05, 0.1) is 6.20 Å². The first-order chi connectivity index (χ1) is 7.17. The predicted molar refractivity (Wildman–Crippen MR) is 57.5 cm³/mol. The van der Waals surface area contributed by atoms with E-state index in [1.54, 1.807) is 10.9 Å². The Labute approximate surface area is 89.9 Å². The van der Waals surface area contributed by atoms with Crippen molar-refractivity contribution in [2.75, 3.05) is 0 Å². The van der Waals surface area contributed by atoms with Gasteiger partial charge in [0, 0.05) is 19.2 Å². The standard InChI is InChI=1S/C11H18N2O2/c1-3-5-10(14)11(15)6-9-7-12-13(4-2)8-9/h7-8,10,14H,3-6H2,1-2H3. The molecule has 1 aromatic heterocycles. The van der Waals surface area contributed by atoms with E-state index in [1.807, 2.05) is 20.0 Å². The molecule has 1 N–H and O–H groups in total. The zero-order valence-corrected chi connectivity index (χ0v) is 9.31. The zero-order chi connectivity index (χ0) is 11.3. The largest absolute Gasteiger partial charge is 0.385 e. The second kappa shape index (κ2) is 5.66. The third kappa shape index (κ3) is 3.47. The molecule has 4 heteroatoms. The Bertz CT molecular complexity index is 320. The summed E-state index contributed by atoms with van der Waals surface area (Å²) in [5, 5.41) is 13.5. The normalized spacial score (nSPS) is 12.7. The first kappa shape index (κ1) is 11.9. The molecule has 84 valence electrons. The van der Waals surface area contributed by atoms with Gasteiger partial charge >= 0.3 is 0 Å². The van der Waals surface area contributed by atoms with Crippen LogP contribution in [-0.4, -0.2) is 26.8 Å². The van der Waals surface area contributed by atoms with Gasteiger partial charge in [-0.25, -0.2) is 0 Å². The molecular weight excluding hydrogens is 192 g/mol. The maximum atomic E-state index is 11.5. The van der Waals surface area contributed by atoms with Crippen LogP contribution in [0.2, 0.25) is 0 Å². The molecule has 1 atom stereocenters. The summed E-state index contributed by atoms with van der Waals surface area (Å²) in [6, 6.07) is 0. The first-order valence-electron chi connectivity index (χ1n) is 5.39. The fourth-order valence-electron chi connectivity index (χ4n) is 1.42. The summed E-state index contributed by atoms with van der Waals surface area (Å²) in [5.41, 5.74) is 0.872. The number of carbonyl (C=O) groups excluding carboxylic acids is 1. The first-order valence-corrected chi connectivity index (χ1v) is 5.39. The van der Waals surface area contributed by atoms with Gasteiger partial charge in [-0.15, -0.1) is 0 Å². The topological polar surface area (TPSA) is 55.1 Å². The average Bonchev–Trinajstić information content (AvgIpc) is 2.66. The minimum Gasteiger partial charge on any atom is -0.385 e. The zero-order valence-electron chi connectivity index (χ0n) is 9.31. The van der Waals surface area contributed by atoms with Crippen LogP contribution in [0.4, 0.5) is 0 Å². The highest BCUT2D eigenvalue weighted by Gasteiger charge is 2.14. The molecule has 0 fully saturated rings. The summed E-state index contributed by atoms with van der Waals surface area (Å²) in [7, 11) is 0. The number of hydrogen-bond donors (Lipinski definition) is 1. The molecule has 0 saturated heterocycles. The maximum absolute atomic E-state index is 11.5. The van der Waals surface area contributed by atoms with Gasteiger partial charge in [0.1, 0.15) is 6.10 Å². The summed E-state index contributed by atoms with van der Waals surface area (Å²) in [6.45, 7) is 4.74. The Morgan fingerprint density at radius 1 is 1.60 bits per heavy atom. The van der Waals surface area contributed by atoms with Crippen LogP contribution in [-0.2, 0) is 17.8 Å². The summed E-state index contributed by atoms with van der Waals surface area (Å²) < 4.78 is 1.77. The van der Waals surface area contributed by atoms with Crippen LogP contribution in [0.1, 0.15) is 32.3 Å². The number of Topliss-reactive ketones (excluding diaryl/α,β-unsaturated/α-hetero) is 1. The van der Waals surface area contributed by atoms with Gasteiger partial charge < -0.3 is 5.11 Å². The molecule has 0 aliphatic heterocycles. The molecule has 1 aromatic rings. The Kier molecular flexibility index (Phi) is 4.49. The molecule has 1 rings (SSSR count). The molecule has 1 heterocycles. The van der Waals surface area contributed by atoms with E-state index in [0.717, 1.165) is 18.5 Å². The Morgan fingerprint density at radius 3 is 2.87 bits per heavy atom. The van der Waals surface area contributed by atoms with Crippen LogP contribution >= 0.6 is 0 Å². The van der Waals surface area contributed by atoms with Crippen molar-refractivity contribution in [3.63, 3.8) is 0 Å². The van der Waals surface area contributed by atoms with Crippen molar-refractivity contribution in [3.05, 3.63) is 18.0 Å². The van der Waals surface area contributed by atoms with Crippen LogP contribution in [0.3, 0.4) is 0 Å². The summed E-state index contributed by atoms with van der Waals surface area (Å²) in [6.07, 6.45) is 4.35. The molecule has 0 aliphatic carbocycles. The lowest BCUT2D eigenvalue weighted by Gasteiger charge is -2.06. The smallest absolute Gasteiger partial charge is 0.165 e. The Hall–Kier alpha value is -1.16. The van der Waals surface area contributed by atoms with Crippen molar-refractivity contribution >= 4 is 5.78 Å². The van der Waals surface area contributed by atoms with Gasteiger partial charge in [0.15, 0.2) is 5.78 Å². The molecule has 0 radical (unpaired) electrons. The van der Waals surface area contributed by atoms with E-state index in [-0.39, 0.29) is 12.2 Å². The highest BCUT2D eigenvalue weighted by Crippen LogP contribution is 2.05. The van der Waals surface area contributed by atoms with Crippen molar-refractivity contribution in [1.82, 2.24) is 9.78 Å². The molecule has 15 heavy (non-hydrogen) atoms. The molecule has 0 aromatic carbocycles. The van der Waals surface area contributed by atoms with E-state index in [0.29, 0.717) is 6.42 Å². The van der Waals surface area contributed by atoms with E-state index in [2.05, 4.69) is 5.10 Å². The lowest BCUT2D eigenvalue weighted by atomic mass is 10.1. The number of ketones is 1. The fraction of sp³-hybridized carbons (Fsp3) is 0.636. The Morgan fingerprint density at radius 2 is 2.33 bits per heavy atom. The van der Waals surface area contributed by atoms with Crippen LogP contribution in [0.25, 0.3) is 0 Å². The quantitative estimate of drug-likeness (QED) is 0.767. The molecule has 0 amide bonds. The van der Waals surface area contributed by atoms with Gasteiger partial charge in [-0.05, 0) is 18.9 Å². The van der Waals surface area contributed by atoms with Crippen molar-refractivity contribution < 1.29 is 9.90 Å². The van der Waals surface area contributed by atoms with Gasteiger partial charge in [0.2, 0.25) is 0 Å². The Balaban J connectivity index is 2.50. The third-order valence-corrected chi connectivity index (χ3v) is 2.32. The van der Waals surface area contributed by atoms with Crippen LogP contribution < -0.4 is 0 Å². The molecule has 0 aliphatic rings. The minimum absolute atomic E-state index is 0.118. The van der Waals surface area contributed by atoms with E-state index in [1.165, 1.54) is 0 Å². The molecule has 4 nitrogen and oxygen atoms in total. The van der Waals surface area contributed by atoms with E-state index in [9.17, 15) is 9.90 Å². The molecular formula is C11H18N2O2. The number of aryl methyl sites for hydroxylation is 1. The number of hydrogen-bond acceptors (Lipinski definition) is 3. The van der Waals surface area contributed by atoms with Crippen LogP contribution in [0.5, 0.6) is 0 Å². The minimum atomic E-state index is -0.819. The summed E-state index contributed by atoms with van der Waals surface area (Å²) in [4.78, 5) is 11.5. The second-order valence-electron chi connectivity index (χ2n) is 3.65. The van der Waals surface area contributed by atoms with Gasteiger partial charge in [-0.1, -0.05) is 13.3 Å². The monoisotopic (exact) mass is 210 g/mol. The summed E-state index contributed by atoms with van der Waals surface area (Å²) in [5.74, 6) is -0.118. The molecule has 0 spiro atoms. The number of aliphatic hydroxyl groups excluding tert-OH is 1. The van der Waals surface area contributed by atoms with E-state index in [4.69, 9.17) is 0 Å². The summed E-state index contributed by atoms with van der Waals surface area (Å²) >= 11 is 0. The van der Waals surface area contributed by atoms with Crippen molar-refractivity contribution in [2.24, 2.45) is 0 Å². The van der Waals surface area contributed by atoms with Crippen LogP contribution in [0, 0.1) is 0 Å². The molecule has 0 saturated carbocycles. The molecule has 1 unspecified atom stereocenters. The lowest BCUT2D eigenvalue weighted by molar-refractivity contribution is -0.126. The highest BCUT2D eigenvalue weighted by molar-refractivity contribution is 5.84. The van der Waals surface area contributed by atoms with Gasteiger partial charge in [-0.2, -0.15) is 5.10 Å². The SMILES string of the molecule is CCCC(O)C(=O)Cc1cnn(CC)c1. The number of carbonyl (C=O) groups is 1. The number of aliphatic hydroxyl groups is 1. The van der Waals surface area contributed by atoms with Crippen LogP contribution in [0.15, 0.2) is 12.4 Å². The van der Waals surface area contributed by atoms with Gasteiger partial charge in [0.25, 0.3) is 0 Å². The number of rotatable bonds is 6. The predicted octanol–water partition coefficient (Wildman–Crippen LogP) is 1.18. The third-order valence-electron chi connectivity index (χ3n) is 2.32. The number of aromatic nitrogens is 2. The van der Waals surface area contributed by atoms with E-state index >= 15 is 0 Å².